The van der Waals surface area contributed by atoms with E-state index in [9.17, 15) is 27.2 Å². The van der Waals surface area contributed by atoms with Crippen molar-refractivity contribution in [3.05, 3.63) is 34.4 Å². The summed E-state index contributed by atoms with van der Waals surface area (Å²) in [5.41, 5.74) is -0.0634. The van der Waals surface area contributed by atoms with Gasteiger partial charge in [0.1, 0.15) is 22.7 Å². The molecule has 3 rings (SSSR count). The second-order valence-corrected chi connectivity index (χ2v) is 7.56. The fourth-order valence-corrected chi connectivity index (χ4v) is 3.87. The Hall–Kier alpha value is -2.03. The zero-order valence-electron chi connectivity index (χ0n) is 15.0. The lowest BCUT2D eigenvalue weighted by molar-refractivity contribution is -0.127. The van der Waals surface area contributed by atoms with Crippen LogP contribution in [0.2, 0.25) is 5.02 Å². The molecule has 28 heavy (non-hydrogen) atoms. The van der Waals surface area contributed by atoms with Gasteiger partial charge in [-0.15, -0.1) is 0 Å². The van der Waals surface area contributed by atoms with Crippen LogP contribution in [-0.2, 0) is 4.79 Å². The molecule has 3 amide bonds. The first-order chi connectivity index (χ1) is 13.2. The molecule has 2 N–H and O–H groups in total. The number of carbonyl (C=O) groups excluding carboxylic acids is 2. The number of carbonyl (C=O) groups is 2. The summed E-state index contributed by atoms with van der Waals surface area (Å²) in [6.45, 7) is 2.08. The molecule has 1 heterocycles. The van der Waals surface area contributed by atoms with Gasteiger partial charge in [0.25, 0.3) is 0 Å². The van der Waals surface area contributed by atoms with E-state index in [1.165, 1.54) is 4.90 Å². The monoisotopic (exact) mass is 421 g/mol. The molecule has 1 aromatic rings. The van der Waals surface area contributed by atoms with Crippen LogP contribution >= 0.6 is 11.6 Å². The van der Waals surface area contributed by atoms with E-state index in [-0.39, 0.29) is 37.4 Å². The van der Waals surface area contributed by atoms with Crippen LogP contribution in [0.1, 0.15) is 31.4 Å². The van der Waals surface area contributed by atoms with Gasteiger partial charge in [-0.2, -0.15) is 0 Å². The minimum absolute atomic E-state index is 0.0634. The van der Waals surface area contributed by atoms with Crippen molar-refractivity contribution in [3.63, 3.8) is 0 Å². The summed E-state index contributed by atoms with van der Waals surface area (Å²) in [6.07, 6.45) is -2.32. The van der Waals surface area contributed by atoms with E-state index in [0.29, 0.717) is 0 Å². The van der Waals surface area contributed by atoms with Crippen LogP contribution in [-0.4, -0.2) is 42.4 Å². The average molecular weight is 422 g/mol. The Morgan fingerprint density at radius 2 is 1.96 bits per heavy atom. The van der Waals surface area contributed by atoms with Crippen molar-refractivity contribution < 1.29 is 27.2 Å². The van der Waals surface area contributed by atoms with E-state index in [1.54, 1.807) is 6.92 Å². The Balaban J connectivity index is 1.84. The number of hydrogen-bond donors (Lipinski definition) is 2. The molecule has 2 atom stereocenters. The maximum atomic E-state index is 14.6. The van der Waals surface area contributed by atoms with Gasteiger partial charge in [-0.25, -0.2) is 22.4 Å². The molecule has 0 aromatic heterocycles. The van der Waals surface area contributed by atoms with Crippen LogP contribution in [0.4, 0.5) is 22.4 Å². The fraction of sp³-hybridized carbons (Fsp3) is 0.556. The van der Waals surface area contributed by atoms with Gasteiger partial charge in [-0.1, -0.05) is 17.7 Å². The standard InChI is InChI=1S/C18H20ClF4N3O2/c1-8-17(27)24-4-5-26(8)18(28)25-15(9-6-10(7-9)16(22)23)11-2-3-12(20)13(19)14(11)21/h2-3,8-10,15-16H,4-7H2,1H3,(H,24,27)(H,25,28)/t8-,9?,10?,15-/m1/s1. The minimum atomic E-state index is -2.50. The number of amides is 3. The third kappa shape index (κ3) is 3.90. The molecule has 2 aliphatic rings. The highest BCUT2D eigenvalue weighted by molar-refractivity contribution is 6.31. The molecular formula is C18H20ClF4N3O2. The first-order valence-electron chi connectivity index (χ1n) is 8.97. The number of hydrogen-bond acceptors (Lipinski definition) is 2. The zero-order chi connectivity index (χ0) is 20.6. The van der Waals surface area contributed by atoms with Crippen LogP contribution in [0.5, 0.6) is 0 Å². The van der Waals surface area contributed by atoms with Crippen LogP contribution in [0.25, 0.3) is 0 Å². The van der Waals surface area contributed by atoms with Gasteiger partial charge in [0.2, 0.25) is 12.3 Å². The number of alkyl halides is 2. The lowest BCUT2D eigenvalue weighted by atomic mass is 9.69. The van der Waals surface area contributed by atoms with Crippen molar-refractivity contribution in [2.75, 3.05) is 13.1 Å². The van der Waals surface area contributed by atoms with Crippen LogP contribution in [0, 0.1) is 23.5 Å². The highest BCUT2D eigenvalue weighted by atomic mass is 35.5. The van der Waals surface area contributed by atoms with E-state index >= 15 is 0 Å². The summed E-state index contributed by atoms with van der Waals surface area (Å²) in [4.78, 5) is 25.8. The van der Waals surface area contributed by atoms with E-state index in [0.717, 1.165) is 12.1 Å². The van der Waals surface area contributed by atoms with Crippen molar-refractivity contribution in [1.29, 1.82) is 0 Å². The molecule has 154 valence electrons. The number of nitrogens with zero attached hydrogens (tertiary/aromatic N) is 1. The van der Waals surface area contributed by atoms with Crippen LogP contribution in [0.3, 0.4) is 0 Å². The number of piperazine rings is 1. The molecular weight excluding hydrogens is 402 g/mol. The van der Waals surface area contributed by atoms with Crippen molar-refractivity contribution >= 4 is 23.5 Å². The van der Waals surface area contributed by atoms with Crippen molar-refractivity contribution in [2.45, 2.75) is 38.3 Å². The van der Waals surface area contributed by atoms with Gasteiger partial charge in [0, 0.05) is 24.6 Å². The molecule has 0 radical (unpaired) electrons. The number of urea groups is 1. The predicted molar refractivity (Wildman–Crippen MR) is 94.0 cm³/mol. The molecule has 1 aliphatic heterocycles. The number of nitrogens with one attached hydrogen (secondary N) is 2. The van der Waals surface area contributed by atoms with E-state index < -0.39 is 53.0 Å². The van der Waals surface area contributed by atoms with Crippen molar-refractivity contribution in [3.8, 4) is 0 Å². The minimum Gasteiger partial charge on any atom is -0.353 e. The topological polar surface area (TPSA) is 61.4 Å². The molecule has 10 heteroatoms. The molecule has 1 aliphatic carbocycles. The summed E-state index contributed by atoms with van der Waals surface area (Å²) < 4.78 is 53.9. The number of benzene rings is 1. The number of rotatable bonds is 4. The van der Waals surface area contributed by atoms with Crippen LogP contribution in [0.15, 0.2) is 12.1 Å². The van der Waals surface area contributed by atoms with Gasteiger partial charge in [-0.05, 0) is 31.7 Å². The molecule has 0 spiro atoms. The van der Waals surface area contributed by atoms with E-state index in [2.05, 4.69) is 10.6 Å². The predicted octanol–water partition coefficient (Wildman–Crippen LogP) is 3.48. The van der Waals surface area contributed by atoms with Gasteiger partial charge < -0.3 is 15.5 Å². The second-order valence-electron chi connectivity index (χ2n) is 7.18. The molecule has 5 nitrogen and oxygen atoms in total. The smallest absolute Gasteiger partial charge is 0.318 e. The first-order valence-corrected chi connectivity index (χ1v) is 9.34. The summed E-state index contributed by atoms with van der Waals surface area (Å²) in [5, 5.41) is 4.55. The maximum absolute atomic E-state index is 14.6. The molecule has 0 unspecified atom stereocenters. The second kappa shape index (κ2) is 8.14. The molecule has 2 fully saturated rings. The Labute approximate surface area is 164 Å². The highest BCUT2D eigenvalue weighted by Crippen LogP contribution is 2.46. The summed E-state index contributed by atoms with van der Waals surface area (Å²) in [6, 6.07) is -0.180. The average Bonchev–Trinajstić information content (AvgIpc) is 2.60. The SMILES string of the molecule is C[C@@H]1C(=O)NCCN1C(=O)N[C@@H](c1ccc(F)c(Cl)c1F)C1CC(C(F)F)C1. The van der Waals surface area contributed by atoms with Crippen molar-refractivity contribution in [1.82, 2.24) is 15.5 Å². The Morgan fingerprint density at radius 1 is 1.29 bits per heavy atom. The fourth-order valence-electron chi connectivity index (χ4n) is 3.69. The van der Waals surface area contributed by atoms with E-state index in [4.69, 9.17) is 11.6 Å². The normalized spacial score (nSPS) is 25.9. The lowest BCUT2D eigenvalue weighted by Gasteiger charge is -2.42. The molecule has 0 bridgehead atoms. The summed E-state index contributed by atoms with van der Waals surface area (Å²) >= 11 is 5.65. The van der Waals surface area contributed by atoms with Gasteiger partial charge in [0.05, 0.1) is 6.04 Å². The van der Waals surface area contributed by atoms with Crippen molar-refractivity contribution in [2.24, 2.45) is 11.8 Å². The third-order valence-electron chi connectivity index (χ3n) is 5.48. The Morgan fingerprint density at radius 3 is 2.61 bits per heavy atom. The molecule has 1 aromatic carbocycles. The largest absolute Gasteiger partial charge is 0.353 e. The third-order valence-corrected chi connectivity index (χ3v) is 5.82. The first kappa shape index (κ1) is 20.7. The van der Waals surface area contributed by atoms with E-state index in [1.807, 2.05) is 0 Å². The van der Waals surface area contributed by atoms with Gasteiger partial charge in [-0.3, -0.25) is 4.79 Å². The summed E-state index contributed by atoms with van der Waals surface area (Å²) in [7, 11) is 0. The quantitative estimate of drug-likeness (QED) is 0.577. The Bertz CT molecular complexity index is 773. The number of halogens is 5. The molecule has 1 saturated carbocycles. The lowest BCUT2D eigenvalue weighted by Crippen LogP contribution is -2.59. The van der Waals surface area contributed by atoms with Gasteiger partial charge in [0.15, 0.2) is 0 Å². The molecule has 1 saturated heterocycles. The zero-order valence-corrected chi connectivity index (χ0v) is 15.8. The summed E-state index contributed by atoms with van der Waals surface area (Å²) in [5.74, 6) is -3.59. The Kier molecular flexibility index (Phi) is 6.02. The maximum Gasteiger partial charge on any atom is 0.318 e. The van der Waals surface area contributed by atoms with Crippen LogP contribution < -0.4 is 10.6 Å². The van der Waals surface area contributed by atoms with Gasteiger partial charge >= 0.3 is 6.03 Å². The highest BCUT2D eigenvalue weighted by Gasteiger charge is 2.43.